The van der Waals surface area contributed by atoms with Gasteiger partial charge in [0.2, 0.25) is 0 Å². The maximum atomic E-state index is 12.1. The van der Waals surface area contributed by atoms with Crippen LogP contribution in [-0.2, 0) is 16.0 Å². The van der Waals surface area contributed by atoms with Crippen LogP contribution in [0.4, 0.5) is 0 Å². The lowest BCUT2D eigenvalue weighted by Gasteiger charge is -2.14. The Morgan fingerprint density at radius 2 is 2.13 bits per heavy atom. The molecule has 0 radical (unpaired) electrons. The Morgan fingerprint density at radius 3 is 2.87 bits per heavy atom. The highest BCUT2D eigenvalue weighted by Crippen LogP contribution is 2.27. The Kier molecular flexibility index (Phi) is 5.10. The van der Waals surface area contributed by atoms with Gasteiger partial charge in [-0.05, 0) is 24.4 Å². The van der Waals surface area contributed by atoms with Gasteiger partial charge in [-0.2, -0.15) is 11.3 Å². The topological polar surface area (TPSA) is 39.2 Å². The highest BCUT2D eigenvalue weighted by molar-refractivity contribution is 7.14. The smallest absolute Gasteiger partial charge is 0.312 e. The Labute approximate surface area is 147 Å². The summed E-state index contributed by atoms with van der Waals surface area (Å²) in [5.74, 6) is -0.306. The molecule has 0 saturated carbocycles. The molecule has 0 fully saturated rings. The molecular weight excluding hydrogens is 350 g/mol. The van der Waals surface area contributed by atoms with Gasteiger partial charge in [-0.3, -0.25) is 4.79 Å². The number of hydrogen-bond donors (Lipinski definition) is 0. The number of halogens is 1. The number of carbonyl (C=O) groups excluding carboxylic acids is 1. The number of hydrogen-bond acceptors (Lipinski definition) is 5. The van der Waals surface area contributed by atoms with E-state index >= 15 is 0 Å². The zero-order chi connectivity index (χ0) is 16.2. The maximum Gasteiger partial charge on any atom is 0.312 e. The zero-order valence-corrected chi connectivity index (χ0v) is 14.8. The maximum absolute atomic E-state index is 12.1. The third-order valence-electron chi connectivity index (χ3n) is 3.30. The van der Waals surface area contributed by atoms with E-state index in [0.29, 0.717) is 5.02 Å². The number of thiophene rings is 1. The number of esters is 1. The molecule has 0 unspecified atom stereocenters. The molecule has 3 rings (SSSR count). The fourth-order valence-corrected chi connectivity index (χ4v) is 3.98. The first-order valence-corrected chi connectivity index (χ1v) is 9.24. The highest BCUT2D eigenvalue weighted by atomic mass is 35.5. The standard InChI is InChI=1S/C17H14ClNO2S2/c1-11(14-4-2-3-5-15(14)18)21-16(20)8-13-10-23-17(19-13)12-6-7-22-9-12/h2-7,9-11H,8H2,1H3/t11-/m0/s1. The molecule has 0 spiro atoms. The van der Waals surface area contributed by atoms with E-state index in [-0.39, 0.29) is 18.5 Å². The Morgan fingerprint density at radius 1 is 1.30 bits per heavy atom. The van der Waals surface area contributed by atoms with Gasteiger partial charge >= 0.3 is 5.97 Å². The highest BCUT2D eigenvalue weighted by Gasteiger charge is 2.16. The van der Waals surface area contributed by atoms with E-state index in [0.717, 1.165) is 21.8 Å². The molecule has 2 aromatic heterocycles. The molecule has 0 saturated heterocycles. The predicted molar refractivity (Wildman–Crippen MR) is 95.1 cm³/mol. The van der Waals surface area contributed by atoms with Gasteiger partial charge in [0.1, 0.15) is 11.1 Å². The summed E-state index contributed by atoms with van der Waals surface area (Å²) in [6.07, 6.45) is -0.221. The summed E-state index contributed by atoms with van der Waals surface area (Å²) in [6.45, 7) is 1.82. The van der Waals surface area contributed by atoms with Crippen LogP contribution in [0.3, 0.4) is 0 Å². The van der Waals surface area contributed by atoms with Crippen molar-refractivity contribution in [1.29, 1.82) is 0 Å². The molecule has 23 heavy (non-hydrogen) atoms. The first-order chi connectivity index (χ1) is 11.1. The Bertz CT molecular complexity index is 799. The molecule has 0 aliphatic heterocycles. The van der Waals surface area contributed by atoms with Gasteiger partial charge in [0.15, 0.2) is 0 Å². The van der Waals surface area contributed by atoms with Crippen LogP contribution in [-0.4, -0.2) is 11.0 Å². The van der Waals surface area contributed by atoms with E-state index in [1.807, 2.05) is 47.3 Å². The van der Waals surface area contributed by atoms with Gasteiger partial charge in [-0.15, -0.1) is 11.3 Å². The monoisotopic (exact) mass is 363 g/mol. The van der Waals surface area contributed by atoms with Crippen LogP contribution in [0.2, 0.25) is 5.02 Å². The molecule has 1 atom stereocenters. The summed E-state index contributed by atoms with van der Waals surface area (Å²) in [5.41, 5.74) is 2.62. The van der Waals surface area contributed by atoms with E-state index in [1.165, 1.54) is 11.3 Å². The summed E-state index contributed by atoms with van der Waals surface area (Å²) in [7, 11) is 0. The minimum atomic E-state index is -0.383. The Hall–Kier alpha value is -1.69. The lowest BCUT2D eigenvalue weighted by atomic mass is 10.1. The molecule has 3 aromatic rings. The van der Waals surface area contributed by atoms with Gasteiger partial charge in [-0.1, -0.05) is 29.8 Å². The number of thiazole rings is 1. The van der Waals surface area contributed by atoms with Crippen molar-refractivity contribution in [3.8, 4) is 10.6 Å². The van der Waals surface area contributed by atoms with Crippen molar-refractivity contribution in [1.82, 2.24) is 4.98 Å². The normalized spacial score (nSPS) is 12.1. The van der Waals surface area contributed by atoms with Crippen molar-refractivity contribution in [2.24, 2.45) is 0 Å². The quantitative estimate of drug-likeness (QED) is 0.572. The van der Waals surface area contributed by atoms with Crippen molar-refractivity contribution in [3.05, 3.63) is 62.8 Å². The number of carbonyl (C=O) groups is 1. The van der Waals surface area contributed by atoms with Gasteiger partial charge in [0.25, 0.3) is 0 Å². The fraction of sp³-hybridized carbons (Fsp3) is 0.176. The van der Waals surface area contributed by atoms with Crippen molar-refractivity contribution in [3.63, 3.8) is 0 Å². The van der Waals surface area contributed by atoms with Gasteiger partial charge in [0, 0.05) is 26.9 Å². The van der Waals surface area contributed by atoms with Crippen LogP contribution in [0, 0.1) is 0 Å². The fourth-order valence-electron chi connectivity index (χ4n) is 2.16. The van der Waals surface area contributed by atoms with Crippen LogP contribution in [0.1, 0.15) is 24.3 Å². The Balaban J connectivity index is 1.62. The summed E-state index contributed by atoms with van der Waals surface area (Å²) in [4.78, 5) is 16.6. The van der Waals surface area contributed by atoms with Crippen LogP contribution < -0.4 is 0 Å². The van der Waals surface area contributed by atoms with Crippen molar-refractivity contribution >= 4 is 40.2 Å². The molecule has 0 bridgehead atoms. The van der Waals surface area contributed by atoms with Crippen molar-refractivity contribution in [2.75, 3.05) is 0 Å². The zero-order valence-electron chi connectivity index (χ0n) is 12.4. The first kappa shape index (κ1) is 16.2. The lowest BCUT2D eigenvalue weighted by molar-refractivity contribution is -0.147. The molecule has 0 aliphatic carbocycles. The number of nitrogens with zero attached hydrogens (tertiary/aromatic N) is 1. The van der Waals surface area contributed by atoms with Gasteiger partial charge in [0.05, 0.1) is 12.1 Å². The van der Waals surface area contributed by atoms with Gasteiger partial charge < -0.3 is 4.74 Å². The molecule has 0 amide bonds. The first-order valence-electron chi connectivity index (χ1n) is 7.04. The summed E-state index contributed by atoms with van der Waals surface area (Å²) < 4.78 is 5.46. The molecule has 6 heteroatoms. The second-order valence-electron chi connectivity index (χ2n) is 4.99. The van der Waals surface area contributed by atoms with E-state index in [2.05, 4.69) is 4.98 Å². The van der Waals surface area contributed by atoms with Gasteiger partial charge in [-0.25, -0.2) is 4.98 Å². The second kappa shape index (κ2) is 7.25. The molecule has 1 aromatic carbocycles. The second-order valence-corrected chi connectivity index (χ2v) is 7.03. The lowest BCUT2D eigenvalue weighted by Crippen LogP contribution is -2.12. The minimum Gasteiger partial charge on any atom is -0.457 e. The third-order valence-corrected chi connectivity index (χ3v) is 5.26. The summed E-state index contributed by atoms with van der Waals surface area (Å²) in [5, 5.41) is 7.47. The number of aromatic nitrogens is 1. The van der Waals surface area contributed by atoms with Crippen LogP contribution >= 0.6 is 34.3 Å². The summed E-state index contributed by atoms with van der Waals surface area (Å²) in [6, 6.07) is 9.39. The molecule has 2 heterocycles. The van der Waals surface area contributed by atoms with E-state index < -0.39 is 0 Å². The van der Waals surface area contributed by atoms with Crippen LogP contribution in [0.25, 0.3) is 10.6 Å². The third kappa shape index (κ3) is 3.99. The molecule has 3 nitrogen and oxygen atoms in total. The minimum absolute atomic E-state index is 0.162. The number of ether oxygens (including phenoxy) is 1. The SMILES string of the molecule is C[C@H](OC(=O)Cc1csc(-c2ccsc2)n1)c1ccccc1Cl. The summed E-state index contributed by atoms with van der Waals surface area (Å²) >= 11 is 9.28. The largest absolute Gasteiger partial charge is 0.457 e. The molecule has 0 aliphatic rings. The number of rotatable bonds is 5. The van der Waals surface area contributed by atoms with Crippen LogP contribution in [0.15, 0.2) is 46.5 Å². The molecule has 0 N–H and O–H groups in total. The predicted octanol–water partition coefficient (Wildman–Crippen LogP) is 5.37. The van der Waals surface area contributed by atoms with E-state index in [9.17, 15) is 4.79 Å². The number of benzene rings is 1. The van der Waals surface area contributed by atoms with Crippen LogP contribution in [0.5, 0.6) is 0 Å². The van der Waals surface area contributed by atoms with E-state index in [1.54, 1.807) is 17.4 Å². The average molecular weight is 364 g/mol. The van der Waals surface area contributed by atoms with E-state index in [4.69, 9.17) is 16.3 Å². The van der Waals surface area contributed by atoms with Crippen molar-refractivity contribution in [2.45, 2.75) is 19.4 Å². The molecule has 118 valence electrons. The molecular formula is C17H14ClNO2S2. The average Bonchev–Trinajstić information content (AvgIpc) is 3.18. The van der Waals surface area contributed by atoms with Crippen molar-refractivity contribution < 1.29 is 9.53 Å².